The Hall–Kier alpha value is -0.440. The molecule has 1 atom stereocenters. The Kier molecular flexibility index (Phi) is 1.58. The van der Waals surface area contributed by atoms with Crippen molar-refractivity contribution < 1.29 is 9.53 Å². The average Bonchev–Trinajstić information content (AvgIpc) is 2.14. The van der Waals surface area contributed by atoms with Crippen LogP contribution in [0.25, 0.3) is 0 Å². The molecule has 0 saturated carbocycles. The van der Waals surface area contributed by atoms with Crippen molar-refractivity contribution in [2.45, 2.75) is 5.25 Å². The molecule has 1 saturated heterocycles. The summed E-state index contributed by atoms with van der Waals surface area (Å²) in [6.07, 6.45) is 1.72. The van der Waals surface area contributed by atoms with Crippen molar-refractivity contribution >= 4 is 17.1 Å². The number of thioether (sulfide) groups is 1. The van der Waals surface area contributed by atoms with Gasteiger partial charge in [0.05, 0.1) is 5.25 Å². The minimum atomic E-state index is -0.185. The molecule has 44 valence electrons. The molecule has 1 fully saturated rings. The summed E-state index contributed by atoms with van der Waals surface area (Å²) in [7, 11) is 0. The summed E-state index contributed by atoms with van der Waals surface area (Å²) in [6.45, 7) is 4.02. The highest BCUT2D eigenvalue weighted by molar-refractivity contribution is 8.14. The molecule has 3 heteroatoms. The van der Waals surface area contributed by atoms with Crippen molar-refractivity contribution in [3.05, 3.63) is 12.7 Å². The molecule has 0 aromatic heterocycles. The van der Waals surface area contributed by atoms with Gasteiger partial charge in [-0.05, 0) is 11.8 Å². The van der Waals surface area contributed by atoms with E-state index in [-0.39, 0.29) is 10.6 Å². The van der Waals surface area contributed by atoms with Gasteiger partial charge in [-0.3, -0.25) is 0 Å². The van der Waals surface area contributed by atoms with E-state index in [2.05, 4.69) is 11.3 Å². The van der Waals surface area contributed by atoms with Crippen LogP contribution in [0.5, 0.6) is 0 Å². The molecule has 0 aliphatic carbocycles. The molecule has 0 aromatic carbocycles. The average molecular weight is 130 g/mol. The fourth-order valence-electron chi connectivity index (χ4n) is 0.458. The lowest BCUT2D eigenvalue weighted by Crippen LogP contribution is -1.95. The van der Waals surface area contributed by atoms with Crippen LogP contribution in [-0.4, -0.2) is 17.2 Å². The number of cyclic esters (lactones) is 1. The van der Waals surface area contributed by atoms with Crippen LogP contribution in [0.1, 0.15) is 0 Å². The molecule has 0 radical (unpaired) electrons. The van der Waals surface area contributed by atoms with Gasteiger partial charge in [0.1, 0.15) is 6.61 Å². The summed E-state index contributed by atoms with van der Waals surface area (Å²) < 4.78 is 4.61. The van der Waals surface area contributed by atoms with Gasteiger partial charge in [-0.25, -0.2) is 4.79 Å². The van der Waals surface area contributed by atoms with E-state index in [1.165, 1.54) is 11.8 Å². The third kappa shape index (κ3) is 1.04. The summed E-state index contributed by atoms with van der Waals surface area (Å²) >= 11 is 1.19. The highest BCUT2D eigenvalue weighted by atomic mass is 32.2. The van der Waals surface area contributed by atoms with E-state index in [1.807, 2.05) is 0 Å². The summed E-state index contributed by atoms with van der Waals surface area (Å²) in [5.41, 5.74) is 0. The number of hydrogen-bond acceptors (Lipinski definition) is 3. The summed E-state index contributed by atoms with van der Waals surface area (Å²) in [6, 6.07) is 0. The molecular weight excluding hydrogens is 124 g/mol. The van der Waals surface area contributed by atoms with Gasteiger partial charge in [-0.2, -0.15) is 0 Å². The largest absolute Gasteiger partial charge is 0.456 e. The number of hydrogen-bond donors (Lipinski definition) is 0. The molecule has 1 heterocycles. The van der Waals surface area contributed by atoms with Crippen molar-refractivity contribution in [3.8, 4) is 0 Å². The first-order valence-corrected chi connectivity index (χ1v) is 3.17. The SMILES string of the molecule is C=CC1COC(=O)S1. The van der Waals surface area contributed by atoms with Gasteiger partial charge in [-0.15, -0.1) is 6.58 Å². The molecule has 0 spiro atoms. The third-order valence-corrected chi connectivity index (χ3v) is 1.82. The van der Waals surface area contributed by atoms with Gasteiger partial charge in [0, 0.05) is 0 Å². The van der Waals surface area contributed by atoms with Crippen LogP contribution in [0.3, 0.4) is 0 Å². The molecule has 0 aromatic rings. The predicted octanol–water partition coefficient (Wildman–Crippen LogP) is 1.42. The van der Waals surface area contributed by atoms with E-state index in [0.717, 1.165) is 0 Å². The molecule has 0 bridgehead atoms. The van der Waals surface area contributed by atoms with Crippen molar-refractivity contribution in [1.29, 1.82) is 0 Å². The van der Waals surface area contributed by atoms with E-state index >= 15 is 0 Å². The van der Waals surface area contributed by atoms with Crippen LogP contribution >= 0.6 is 11.8 Å². The maximum absolute atomic E-state index is 10.3. The summed E-state index contributed by atoms with van der Waals surface area (Å²) in [4.78, 5) is 10.3. The Morgan fingerprint density at radius 3 is 3.00 bits per heavy atom. The number of carbonyl (C=O) groups is 1. The highest BCUT2D eigenvalue weighted by Gasteiger charge is 2.20. The molecule has 2 nitrogen and oxygen atoms in total. The Balaban J connectivity index is 2.43. The van der Waals surface area contributed by atoms with E-state index in [1.54, 1.807) is 6.08 Å². The highest BCUT2D eigenvalue weighted by Crippen LogP contribution is 2.22. The minimum absolute atomic E-state index is 0.183. The topological polar surface area (TPSA) is 26.3 Å². The molecule has 1 rings (SSSR count). The minimum Gasteiger partial charge on any atom is -0.456 e. The maximum atomic E-state index is 10.3. The van der Waals surface area contributed by atoms with E-state index in [4.69, 9.17) is 0 Å². The molecular formula is C5H6O2S. The Labute approximate surface area is 51.9 Å². The van der Waals surface area contributed by atoms with Gasteiger partial charge in [0.15, 0.2) is 0 Å². The van der Waals surface area contributed by atoms with Crippen LogP contribution in [0, 0.1) is 0 Å². The molecule has 0 N–H and O–H groups in total. The van der Waals surface area contributed by atoms with Gasteiger partial charge >= 0.3 is 5.30 Å². The second-order valence-corrected chi connectivity index (χ2v) is 2.63. The number of ether oxygens (including phenoxy) is 1. The molecule has 8 heavy (non-hydrogen) atoms. The Morgan fingerprint density at radius 2 is 2.75 bits per heavy atom. The normalized spacial score (nSPS) is 27.5. The van der Waals surface area contributed by atoms with E-state index < -0.39 is 0 Å². The Morgan fingerprint density at radius 1 is 2.00 bits per heavy atom. The van der Waals surface area contributed by atoms with Crippen LogP contribution in [0.2, 0.25) is 0 Å². The monoisotopic (exact) mass is 130 g/mol. The first kappa shape index (κ1) is 5.69. The standard InChI is InChI=1S/C5H6O2S/c1-2-4-3-7-5(6)8-4/h2,4H,1,3H2. The van der Waals surface area contributed by atoms with Gasteiger partial charge in [0.25, 0.3) is 0 Å². The first-order valence-electron chi connectivity index (χ1n) is 2.29. The van der Waals surface area contributed by atoms with Crippen LogP contribution in [-0.2, 0) is 4.74 Å². The lowest BCUT2D eigenvalue weighted by atomic mass is 10.4. The molecule has 0 amide bonds. The summed E-state index contributed by atoms with van der Waals surface area (Å²) in [5, 5.41) is -0.00241. The van der Waals surface area contributed by atoms with Crippen molar-refractivity contribution in [1.82, 2.24) is 0 Å². The van der Waals surface area contributed by atoms with E-state index in [0.29, 0.717) is 6.61 Å². The lowest BCUT2D eigenvalue weighted by Gasteiger charge is -1.89. The smallest absolute Gasteiger partial charge is 0.368 e. The van der Waals surface area contributed by atoms with Gasteiger partial charge < -0.3 is 4.74 Å². The van der Waals surface area contributed by atoms with Crippen molar-refractivity contribution in [2.24, 2.45) is 0 Å². The van der Waals surface area contributed by atoms with Crippen molar-refractivity contribution in [2.75, 3.05) is 6.61 Å². The predicted molar refractivity (Wildman–Crippen MR) is 32.9 cm³/mol. The zero-order valence-corrected chi connectivity index (χ0v) is 5.11. The zero-order valence-electron chi connectivity index (χ0n) is 4.29. The maximum Gasteiger partial charge on any atom is 0.368 e. The zero-order chi connectivity index (χ0) is 5.98. The second kappa shape index (κ2) is 2.22. The molecule has 1 aliphatic heterocycles. The fourth-order valence-corrected chi connectivity index (χ4v) is 1.07. The quantitative estimate of drug-likeness (QED) is 0.396. The van der Waals surface area contributed by atoms with Gasteiger partial charge in [0.2, 0.25) is 0 Å². The number of rotatable bonds is 1. The van der Waals surface area contributed by atoms with Crippen LogP contribution in [0.15, 0.2) is 12.7 Å². The van der Waals surface area contributed by atoms with Gasteiger partial charge in [-0.1, -0.05) is 6.08 Å². The molecule has 1 unspecified atom stereocenters. The Bertz CT molecular complexity index is 122. The second-order valence-electron chi connectivity index (χ2n) is 1.45. The number of carbonyl (C=O) groups excluding carboxylic acids is 1. The lowest BCUT2D eigenvalue weighted by molar-refractivity contribution is 0.186. The van der Waals surface area contributed by atoms with Crippen molar-refractivity contribution in [3.63, 3.8) is 0 Å². The summed E-state index contributed by atoms with van der Waals surface area (Å²) in [5.74, 6) is 0. The first-order chi connectivity index (χ1) is 3.83. The third-order valence-electron chi connectivity index (χ3n) is 0.876. The van der Waals surface area contributed by atoms with Crippen LogP contribution in [0.4, 0.5) is 4.79 Å². The fraction of sp³-hybridized carbons (Fsp3) is 0.400. The van der Waals surface area contributed by atoms with Crippen LogP contribution < -0.4 is 0 Å². The molecule has 1 aliphatic rings. The van der Waals surface area contributed by atoms with E-state index in [9.17, 15) is 4.79 Å².